The number of imidazole rings is 1. The van der Waals surface area contributed by atoms with Gasteiger partial charge < -0.3 is 9.30 Å². The summed E-state index contributed by atoms with van der Waals surface area (Å²) in [5.41, 5.74) is 0.677. The molecule has 0 radical (unpaired) electrons. The van der Waals surface area contributed by atoms with Gasteiger partial charge in [-0.25, -0.2) is 4.98 Å². The van der Waals surface area contributed by atoms with E-state index in [2.05, 4.69) is 4.98 Å². The van der Waals surface area contributed by atoms with Crippen molar-refractivity contribution in [2.75, 3.05) is 6.61 Å². The van der Waals surface area contributed by atoms with Gasteiger partial charge in [-0.2, -0.15) is 0 Å². The molecular formula is C11H16N2O2. The van der Waals surface area contributed by atoms with E-state index in [-0.39, 0.29) is 13.0 Å². The fraction of sp³-hybridized carbons (Fsp3) is 0.636. The van der Waals surface area contributed by atoms with Gasteiger partial charge in [0.05, 0.1) is 18.8 Å². The highest BCUT2D eigenvalue weighted by Crippen LogP contribution is 2.27. The van der Waals surface area contributed by atoms with E-state index in [0.717, 1.165) is 0 Å². The van der Waals surface area contributed by atoms with Gasteiger partial charge in [0.15, 0.2) is 0 Å². The Morgan fingerprint density at radius 3 is 3.47 bits per heavy atom. The first-order valence-corrected chi connectivity index (χ1v) is 4.64. The van der Waals surface area contributed by atoms with Gasteiger partial charge in [-0.15, -0.1) is 0 Å². The van der Waals surface area contributed by atoms with Crippen molar-refractivity contribution in [3.8, 4) is 0 Å². The molecule has 0 spiro atoms. The average Bonchev–Trinajstić information content (AvgIpc) is 2.88. The molecule has 2 rings (SSSR count). The molecule has 4 nitrogen and oxygen atoms in total. The Kier molecular flexibility index (Phi) is 1.39. The zero-order valence-electron chi connectivity index (χ0n) is 14.4. The minimum absolute atomic E-state index is 0.140. The highest BCUT2D eigenvalue weighted by Gasteiger charge is 2.35. The fourth-order valence-electron chi connectivity index (χ4n) is 1.65. The minimum atomic E-state index is -3.09. The van der Waals surface area contributed by atoms with Crippen LogP contribution in [0.1, 0.15) is 27.1 Å². The molecule has 82 valence electrons. The van der Waals surface area contributed by atoms with E-state index in [9.17, 15) is 4.79 Å². The third-order valence-electron chi connectivity index (χ3n) is 2.55. The SMILES string of the molecule is [2H]C([2H])([2H])C([2H])([2H])[C@]1([2H])C(=O)OC[C@@H]1Cc1cncn1C. The maximum Gasteiger partial charge on any atom is 0.309 e. The number of hydrogen-bond donors (Lipinski definition) is 0. The summed E-state index contributed by atoms with van der Waals surface area (Å²) < 4.78 is 52.3. The number of aryl methyl sites for hydroxylation is 1. The van der Waals surface area contributed by atoms with Gasteiger partial charge in [-0.1, -0.05) is 6.85 Å². The van der Waals surface area contributed by atoms with Gasteiger partial charge >= 0.3 is 5.97 Å². The molecule has 15 heavy (non-hydrogen) atoms. The van der Waals surface area contributed by atoms with Crippen molar-refractivity contribution in [2.45, 2.75) is 19.6 Å². The summed E-state index contributed by atoms with van der Waals surface area (Å²) >= 11 is 0. The van der Waals surface area contributed by atoms with Crippen molar-refractivity contribution in [3.63, 3.8) is 0 Å². The maximum absolute atomic E-state index is 11.9. The quantitative estimate of drug-likeness (QED) is 0.709. The predicted octanol–water partition coefficient (Wildman–Crippen LogP) is 1.16. The van der Waals surface area contributed by atoms with Crippen LogP contribution >= 0.6 is 0 Å². The van der Waals surface area contributed by atoms with Crippen molar-refractivity contribution in [2.24, 2.45) is 18.9 Å². The molecule has 1 aliphatic heterocycles. The van der Waals surface area contributed by atoms with Crippen LogP contribution < -0.4 is 0 Å². The number of cyclic esters (lactones) is 1. The fourth-order valence-corrected chi connectivity index (χ4v) is 1.65. The number of hydrogen-bond acceptors (Lipinski definition) is 3. The summed E-state index contributed by atoms with van der Waals surface area (Å²) in [6, 6.07) is 0. The Bertz CT molecular complexity index is 555. The Morgan fingerprint density at radius 2 is 2.80 bits per heavy atom. The Hall–Kier alpha value is -1.32. The van der Waals surface area contributed by atoms with Crippen LogP contribution in [-0.4, -0.2) is 22.1 Å². The molecule has 2 atom stereocenters. The second kappa shape index (κ2) is 4.04. The van der Waals surface area contributed by atoms with Gasteiger partial charge in [0.1, 0.15) is 0 Å². The number of esters is 1. The molecule has 1 aromatic heterocycles. The number of ether oxygens (including phenoxy) is 1. The summed E-state index contributed by atoms with van der Waals surface area (Å²) in [5, 5.41) is 0. The number of nitrogens with zero attached hydrogens (tertiary/aromatic N) is 2. The van der Waals surface area contributed by atoms with E-state index >= 15 is 0 Å². The van der Waals surface area contributed by atoms with Gasteiger partial charge in [0, 0.05) is 33.1 Å². The van der Waals surface area contributed by atoms with Crippen LogP contribution in [-0.2, 0) is 23.0 Å². The lowest BCUT2D eigenvalue weighted by Crippen LogP contribution is -2.18. The first-order valence-electron chi connectivity index (χ1n) is 7.64. The molecule has 2 heterocycles. The molecule has 0 bridgehead atoms. The van der Waals surface area contributed by atoms with Crippen LogP contribution in [0.4, 0.5) is 0 Å². The summed E-state index contributed by atoms with van der Waals surface area (Å²) in [6.07, 6.45) is 0.212. The van der Waals surface area contributed by atoms with Gasteiger partial charge in [0.25, 0.3) is 0 Å². The maximum atomic E-state index is 11.9. The predicted molar refractivity (Wildman–Crippen MR) is 55.1 cm³/mol. The van der Waals surface area contributed by atoms with Crippen molar-refractivity contribution < 1.29 is 17.8 Å². The number of carbonyl (C=O) groups is 1. The lowest BCUT2D eigenvalue weighted by Gasteiger charge is -2.12. The lowest BCUT2D eigenvalue weighted by atomic mass is 9.89. The topological polar surface area (TPSA) is 44.1 Å². The summed E-state index contributed by atoms with van der Waals surface area (Å²) in [7, 11) is 1.73. The number of carbonyl (C=O) groups excluding carboxylic acids is 1. The molecule has 0 aliphatic carbocycles. The molecule has 1 saturated heterocycles. The lowest BCUT2D eigenvalue weighted by molar-refractivity contribution is -0.141. The smallest absolute Gasteiger partial charge is 0.309 e. The van der Waals surface area contributed by atoms with E-state index in [1.165, 1.54) is 12.5 Å². The van der Waals surface area contributed by atoms with E-state index in [1.54, 1.807) is 11.6 Å². The van der Waals surface area contributed by atoms with Gasteiger partial charge in [-0.05, 0) is 12.8 Å². The molecule has 0 amide bonds. The molecule has 4 heteroatoms. The van der Waals surface area contributed by atoms with E-state index in [4.69, 9.17) is 13.0 Å². The Balaban J connectivity index is 2.38. The zero-order chi connectivity index (χ0) is 16.1. The van der Waals surface area contributed by atoms with Crippen molar-refractivity contribution in [3.05, 3.63) is 18.2 Å². The standard InChI is InChI=1S/C11H16N2O2/c1-3-10-8(6-15-11(10)14)4-9-5-12-7-13(9)2/h5,7-8,10H,3-4,6H2,1-2H3/t8-,10-/m0/s1/i1D3,3D2,10D. The first kappa shape index (κ1) is 5.14. The normalized spacial score (nSPS) is 38.2. The minimum Gasteiger partial charge on any atom is -0.465 e. The van der Waals surface area contributed by atoms with Crippen LogP contribution in [0.5, 0.6) is 0 Å². The molecular weight excluding hydrogens is 192 g/mol. The highest BCUT2D eigenvalue weighted by molar-refractivity contribution is 5.74. The third kappa shape index (κ3) is 1.89. The van der Waals surface area contributed by atoms with Crippen molar-refractivity contribution in [1.29, 1.82) is 0 Å². The second-order valence-electron chi connectivity index (χ2n) is 3.53. The first-order chi connectivity index (χ1) is 9.51. The monoisotopic (exact) mass is 214 g/mol. The zero-order valence-corrected chi connectivity index (χ0v) is 8.36. The van der Waals surface area contributed by atoms with Crippen LogP contribution in [0, 0.1) is 11.8 Å². The van der Waals surface area contributed by atoms with Crippen LogP contribution in [0.2, 0.25) is 0 Å². The van der Waals surface area contributed by atoms with Gasteiger partial charge in [-0.3, -0.25) is 4.79 Å². The largest absolute Gasteiger partial charge is 0.465 e. The molecule has 0 N–H and O–H groups in total. The number of rotatable bonds is 3. The van der Waals surface area contributed by atoms with Crippen LogP contribution in [0.15, 0.2) is 12.5 Å². The molecule has 1 aliphatic rings. The highest BCUT2D eigenvalue weighted by atomic mass is 16.5. The van der Waals surface area contributed by atoms with Gasteiger partial charge in [0.2, 0.25) is 0 Å². The number of aromatic nitrogens is 2. The molecule has 1 fully saturated rings. The van der Waals surface area contributed by atoms with Crippen molar-refractivity contribution in [1.82, 2.24) is 9.55 Å². The summed E-state index contributed by atoms with van der Waals surface area (Å²) in [4.78, 5) is 15.8. The van der Waals surface area contributed by atoms with E-state index < -0.39 is 31.0 Å². The second-order valence-corrected chi connectivity index (χ2v) is 3.53. The molecule has 1 aromatic rings. The third-order valence-corrected chi connectivity index (χ3v) is 2.55. The van der Waals surface area contributed by atoms with E-state index in [0.29, 0.717) is 5.69 Å². The van der Waals surface area contributed by atoms with E-state index in [1.807, 2.05) is 0 Å². The molecule has 0 saturated carbocycles. The van der Waals surface area contributed by atoms with Crippen LogP contribution in [0.25, 0.3) is 0 Å². The summed E-state index contributed by atoms with van der Waals surface area (Å²) in [6.45, 7) is -3.27. The molecule has 0 aromatic carbocycles. The summed E-state index contributed by atoms with van der Waals surface area (Å²) in [5.74, 6) is -4.49. The average molecular weight is 214 g/mol. The molecule has 0 unspecified atom stereocenters. The Labute approximate surface area is 97.7 Å². The Morgan fingerprint density at radius 1 is 1.93 bits per heavy atom. The van der Waals surface area contributed by atoms with Crippen molar-refractivity contribution >= 4 is 5.97 Å². The van der Waals surface area contributed by atoms with Crippen LogP contribution in [0.3, 0.4) is 0 Å².